The number of hydrogen-bond donors (Lipinski definition) is 2. The summed E-state index contributed by atoms with van der Waals surface area (Å²) in [6.45, 7) is 4.42. The van der Waals surface area contributed by atoms with Crippen molar-refractivity contribution in [3.8, 4) is 0 Å². The largest absolute Gasteiger partial charge is 0.389 e. The monoisotopic (exact) mass is 262 g/mol. The molecule has 0 aromatic heterocycles. The van der Waals surface area contributed by atoms with Crippen LogP contribution in [0.15, 0.2) is 18.2 Å². The maximum atomic E-state index is 5.80. The predicted octanol–water partition coefficient (Wildman–Crippen LogP) is 3.62. The minimum atomic E-state index is 0.473. The Morgan fingerprint density at radius 2 is 2.06 bits per heavy atom. The fraction of sp³-hybridized carbons (Fsp3) is 0.533. The van der Waals surface area contributed by atoms with Crippen LogP contribution in [0.3, 0.4) is 0 Å². The lowest BCUT2D eigenvalue weighted by Gasteiger charge is -2.31. The smallest absolute Gasteiger partial charge is 0.106 e. The zero-order valence-corrected chi connectivity index (χ0v) is 12.0. The van der Waals surface area contributed by atoms with Crippen molar-refractivity contribution in [3.05, 3.63) is 29.3 Å². The normalized spacial score (nSPS) is 23.7. The van der Waals surface area contributed by atoms with Crippen LogP contribution in [-0.2, 0) is 0 Å². The second-order valence-electron chi connectivity index (χ2n) is 5.43. The van der Waals surface area contributed by atoms with Gasteiger partial charge >= 0.3 is 0 Å². The van der Waals surface area contributed by atoms with Gasteiger partial charge in [-0.05, 0) is 43.4 Å². The summed E-state index contributed by atoms with van der Waals surface area (Å²) >= 11 is 5.13. The van der Waals surface area contributed by atoms with Gasteiger partial charge in [0.05, 0.1) is 0 Å². The molecule has 2 rings (SSSR count). The van der Waals surface area contributed by atoms with E-state index in [0.29, 0.717) is 11.0 Å². The topological polar surface area (TPSA) is 38.0 Å². The van der Waals surface area contributed by atoms with Crippen molar-refractivity contribution in [1.82, 2.24) is 0 Å². The molecule has 1 aliphatic rings. The summed E-state index contributed by atoms with van der Waals surface area (Å²) in [5, 5.41) is 3.65. The van der Waals surface area contributed by atoms with Crippen LogP contribution in [0.4, 0.5) is 5.69 Å². The number of anilines is 1. The molecule has 1 fully saturated rings. The van der Waals surface area contributed by atoms with Crippen LogP contribution in [0.2, 0.25) is 0 Å². The van der Waals surface area contributed by atoms with Gasteiger partial charge in [-0.2, -0.15) is 0 Å². The molecule has 1 aromatic rings. The van der Waals surface area contributed by atoms with Gasteiger partial charge in [-0.15, -0.1) is 0 Å². The number of hydrogen-bond acceptors (Lipinski definition) is 2. The van der Waals surface area contributed by atoms with Crippen LogP contribution < -0.4 is 11.1 Å². The molecule has 0 aliphatic heterocycles. The number of aryl methyl sites for hydroxylation is 1. The first kappa shape index (κ1) is 13.3. The molecule has 0 heterocycles. The second-order valence-corrected chi connectivity index (χ2v) is 5.87. The highest BCUT2D eigenvalue weighted by molar-refractivity contribution is 7.80. The van der Waals surface area contributed by atoms with Gasteiger partial charge in [0, 0.05) is 17.3 Å². The van der Waals surface area contributed by atoms with Gasteiger partial charge in [0.2, 0.25) is 0 Å². The van der Waals surface area contributed by atoms with E-state index in [1.807, 2.05) is 6.07 Å². The van der Waals surface area contributed by atoms with Crippen LogP contribution in [0.1, 0.15) is 43.7 Å². The van der Waals surface area contributed by atoms with Crippen LogP contribution in [0.5, 0.6) is 0 Å². The second kappa shape index (κ2) is 5.70. The molecule has 1 aromatic carbocycles. The number of thiocarbonyl (C=S) groups is 1. The van der Waals surface area contributed by atoms with Crippen LogP contribution in [0.25, 0.3) is 0 Å². The van der Waals surface area contributed by atoms with Crippen LogP contribution >= 0.6 is 12.2 Å². The Balaban J connectivity index is 2.21. The van der Waals surface area contributed by atoms with E-state index < -0.39 is 0 Å². The van der Waals surface area contributed by atoms with Crippen molar-refractivity contribution in [3.63, 3.8) is 0 Å². The molecule has 0 spiro atoms. The number of rotatable bonds is 3. The summed E-state index contributed by atoms with van der Waals surface area (Å²) in [5.74, 6) is 0.721. The Morgan fingerprint density at radius 1 is 1.33 bits per heavy atom. The first-order valence-corrected chi connectivity index (χ1v) is 7.15. The average Bonchev–Trinajstić information content (AvgIpc) is 2.32. The van der Waals surface area contributed by atoms with E-state index in [1.165, 1.54) is 31.2 Å². The van der Waals surface area contributed by atoms with Crippen molar-refractivity contribution < 1.29 is 0 Å². The molecule has 98 valence electrons. The molecule has 3 N–H and O–H groups in total. The van der Waals surface area contributed by atoms with Gasteiger partial charge in [0.1, 0.15) is 4.99 Å². The van der Waals surface area contributed by atoms with Gasteiger partial charge in [-0.1, -0.05) is 38.0 Å². The van der Waals surface area contributed by atoms with Crippen molar-refractivity contribution in [2.45, 2.75) is 45.6 Å². The van der Waals surface area contributed by atoms with Crippen LogP contribution in [0, 0.1) is 12.8 Å². The third-order valence-electron chi connectivity index (χ3n) is 3.89. The molecule has 2 nitrogen and oxygen atoms in total. The molecule has 0 saturated heterocycles. The van der Waals surface area contributed by atoms with E-state index in [4.69, 9.17) is 18.0 Å². The summed E-state index contributed by atoms with van der Waals surface area (Å²) in [7, 11) is 0. The van der Waals surface area contributed by atoms with Crippen molar-refractivity contribution in [1.29, 1.82) is 0 Å². The van der Waals surface area contributed by atoms with Gasteiger partial charge in [-0.25, -0.2) is 0 Å². The molecule has 0 bridgehead atoms. The lowest BCUT2D eigenvalue weighted by atomic mass is 9.85. The molecule has 2 unspecified atom stereocenters. The standard InChI is InChI=1S/C15H22N2S/c1-10-7-8-12(15(16)18)14(9-10)17-13-6-4-3-5-11(13)2/h7-9,11,13,17H,3-6H2,1-2H3,(H2,16,18). The Hall–Kier alpha value is -1.09. The lowest BCUT2D eigenvalue weighted by molar-refractivity contribution is 0.349. The molecular formula is C15H22N2S. The summed E-state index contributed by atoms with van der Waals surface area (Å²) in [4.78, 5) is 0.473. The van der Waals surface area contributed by atoms with Crippen LogP contribution in [-0.4, -0.2) is 11.0 Å². The first-order valence-electron chi connectivity index (χ1n) is 6.75. The molecule has 1 aliphatic carbocycles. The van der Waals surface area contributed by atoms with Crippen molar-refractivity contribution in [2.75, 3.05) is 5.32 Å². The average molecular weight is 262 g/mol. The molecule has 18 heavy (non-hydrogen) atoms. The molecule has 3 heteroatoms. The van der Waals surface area contributed by atoms with Gasteiger partial charge in [0.25, 0.3) is 0 Å². The number of nitrogens with one attached hydrogen (secondary N) is 1. The SMILES string of the molecule is Cc1ccc(C(N)=S)c(NC2CCCCC2C)c1. The fourth-order valence-electron chi connectivity index (χ4n) is 2.72. The fourth-order valence-corrected chi connectivity index (χ4v) is 2.90. The van der Waals surface area contributed by atoms with E-state index in [9.17, 15) is 0 Å². The van der Waals surface area contributed by atoms with E-state index in [1.54, 1.807) is 0 Å². The quantitative estimate of drug-likeness (QED) is 0.817. The third kappa shape index (κ3) is 3.02. The van der Waals surface area contributed by atoms with Crippen molar-refractivity contribution in [2.24, 2.45) is 11.7 Å². The Morgan fingerprint density at radius 3 is 2.72 bits per heavy atom. The third-order valence-corrected chi connectivity index (χ3v) is 4.11. The molecule has 1 saturated carbocycles. The Bertz CT molecular complexity index is 442. The van der Waals surface area contributed by atoms with Gasteiger partial charge in [0.15, 0.2) is 0 Å². The van der Waals surface area contributed by atoms with Crippen molar-refractivity contribution >= 4 is 22.9 Å². The lowest BCUT2D eigenvalue weighted by Crippen LogP contribution is -2.31. The minimum Gasteiger partial charge on any atom is -0.389 e. The highest BCUT2D eigenvalue weighted by Gasteiger charge is 2.21. The summed E-state index contributed by atoms with van der Waals surface area (Å²) in [6, 6.07) is 6.78. The minimum absolute atomic E-state index is 0.473. The molecule has 0 radical (unpaired) electrons. The number of benzene rings is 1. The maximum Gasteiger partial charge on any atom is 0.106 e. The van der Waals surface area contributed by atoms with Gasteiger partial charge in [-0.3, -0.25) is 0 Å². The van der Waals surface area contributed by atoms with Gasteiger partial charge < -0.3 is 11.1 Å². The van der Waals surface area contributed by atoms with E-state index in [0.717, 1.165) is 17.2 Å². The van der Waals surface area contributed by atoms with E-state index in [-0.39, 0.29) is 0 Å². The summed E-state index contributed by atoms with van der Waals surface area (Å²) < 4.78 is 0. The number of nitrogens with two attached hydrogens (primary N) is 1. The zero-order chi connectivity index (χ0) is 13.1. The first-order chi connectivity index (χ1) is 8.58. The summed E-state index contributed by atoms with van der Waals surface area (Å²) in [6.07, 6.45) is 5.23. The predicted molar refractivity (Wildman–Crippen MR) is 82.1 cm³/mol. The van der Waals surface area contributed by atoms with E-state index >= 15 is 0 Å². The molecule has 2 atom stereocenters. The summed E-state index contributed by atoms with van der Waals surface area (Å²) in [5.41, 5.74) is 9.10. The highest BCUT2D eigenvalue weighted by atomic mass is 32.1. The molecule has 0 amide bonds. The zero-order valence-electron chi connectivity index (χ0n) is 11.2. The molecular weight excluding hydrogens is 240 g/mol. The Labute approximate surface area is 115 Å². The highest BCUT2D eigenvalue weighted by Crippen LogP contribution is 2.28. The maximum absolute atomic E-state index is 5.80. The Kier molecular flexibility index (Phi) is 4.23. The van der Waals surface area contributed by atoms with E-state index in [2.05, 4.69) is 31.3 Å².